The Kier molecular flexibility index (Phi) is 5.15. The van der Waals surface area contributed by atoms with Crippen molar-refractivity contribution in [2.45, 2.75) is 17.9 Å². The van der Waals surface area contributed by atoms with Crippen LogP contribution in [-0.2, 0) is 10.0 Å². The van der Waals surface area contributed by atoms with Crippen LogP contribution in [0.25, 0.3) is 0 Å². The molecule has 2 rings (SSSR count). The molecule has 0 aliphatic rings. The van der Waals surface area contributed by atoms with Gasteiger partial charge in [-0.05, 0) is 30.7 Å². The monoisotopic (exact) mass is 413 g/mol. The van der Waals surface area contributed by atoms with Gasteiger partial charge in [0.05, 0.1) is 4.34 Å². The Bertz CT molecular complexity index is 714. The van der Waals surface area contributed by atoms with E-state index in [0.29, 0.717) is 4.34 Å². The largest absolute Gasteiger partial charge is 0.243 e. The maximum atomic E-state index is 12.3. The zero-order chi connectivity index (χ0) is 14.9. The molecule has 3 nitrogen and oxygen atoms in total. The number of hydrogen-bond acceptors (Lipinski definition) is 3. The van der Waals surface area contributed by atoms with Gasteiger partial charge in [0, 0.05) is 10.5 Å². The lowest BCUT2D eigenvalue weighted by molar-refractivity contribution is 0.567. The van der Waals surface area contributed by atoms with Crippen LogP contribution in [0.1, 0.15) is 18.5 Å². The third kappa shape index (κ3) is 3.75. The van der Waals surface area contributed by atoms with E-state index in [1.165, 1.54) is 6.07 Å². The summed E-state index contributed by atoms with van der Waals surface area (Å²) in [7, 11) is -3.70. The lowest BCUT2D eigenvalue weighted by atomic mass is 10.1. The highest BCUT2D eigenvalue weighted by Gasteiger charge is 2.23. The number of thiophene rings is 1. The molecule has 0 amide bonds. The topological polar surface area (TPSA) is 46.2 Å². The SMILES string of the molecule is CC(NS(=O)(=O)c1cc(Cl)sc1Cl)c1ccc(Br)cc1. The highest BCUT2D eigenvalue weighted by Crippen LogP contribution is 2.34. The molecule has 0 saturated carbocycles. The van der Waals surface area contributed by atoms with Crippen LogP contribution in [0.3, 0.4) is 0 Å². The number of hydrogen-bond donors (Lipinski definition) is 1. The molecule has 0 aliphatic carbocycles. The van der Waals surface area contributed by atoms with Gasteiger partial charge in [-0.3, -0.25) is 0 Å². The minimum absolute atomic E-state index is 0.0122. The predicted octanol–water partition coefficient (Wildman–Crippen LogP) is 4.86. The van der Waals surface area contributed by atoms with Crippen LogP contribution >= 0.6 is 50.5 Å². The summed E-state index contributed by atoms with van der Waals surface area (Å²) in [5.74, 6) is 0. The molecule has 1 atom stereocenters. The third-order valence-corrected chi connectivity index (χ3v) is 6.44. The molecule has 1 heterocycles. The van der Waals surface area contributed by atoms with Gasteiger partial charge in [0.2, 0.25) is 10.0 Å². The van der Waals surface area contributed by atoms with Crippen molar-refractivity contribution in [3.63, 3.8) is 0 Å². The molecule has 8 heteroatoms. The Morgan fingerprint density at radius 3 is 2.35 bits per heavy atom. The van der Waals surface area contributed by atoms with Crippen LogP contribution < -0.4 is 4.72 Å². The Morgan fingerprint density at radius 1 is 1.25 bits per heavy atom. The van der Waals surface area contributed by atoms with Crippen LogP contribution in [0.15, 0.2) is 39.7 Å². The fourth-order valence-corrected chi connectivity index (χ4v) is 5.27. The Labute approximate surface area is 140 Å². The summed E-state index contributed by atoms with van der Waals surface area (Å²) >= 11 is 16.0. The standard InChI is InChI=1S/C12H10BrCl2NO2S2/c1-7(8-2-4-9(13)5-3-8)16-20(17,18)10-6-11(14)19-12(10)15/h2-7,16H,1H3. The second kappa shape index (κ2) is 6.34. The van der Waals surface area contributed by atoms with Gasteiger partial charge in [-0.15, -0.1) is 11.3 Å². The second-order valence-corrected chi connectivity index (χ2v) is 8.97. The van der Waals surface area contributed by atoms with Gasteiger partial charge in [0.25, 0.3) is 0 Å². The summed E-state index contributed by atoms with van der Waals surface area (Å²) in [5.41, 5.74) is 0.856. The van der Waals surface area contributed by atoms with Crippen molar-refractivity contribution in [2.75, 3.05) is 0 Å². The summed E-state index contributed by atoms with van der Waals surface area (Å²) in [6.45, 7) is 1.77. The molecule has 0 bridgehead atoms. The highest BCUT2D eigenvalue weighted by atomic mass is 79.9. The van der Waals surface area contributed by atoms with E-state index in [1.807, 2.05) is 24.3 Å². The van der Waals surface area contributed by atoms with E-state index in [1.54, 1.807) is 6.92 Å². The highest BCUT2D eigenvalue weighted by molar-refractivity contribution is 9.10. The molecule has 0 radical (unpaired) electrons. The normalized spacial score (nSPS) is 13.4. The minimum Gasteiger partial charge on any atom is -0.207 e. The number of sulfonamides is 1. The Balaban J connectivity index is 2.24. The van der Waals surface area contributed by atoms with E-state index in [0.717, 1.165) is 21.4 Å². The first-order chi connectivity index (χ1) is 9.29. The first kappa shape index (κ1) is 16.3. The minimum atomic E-state index is -3.70. The molecule has 1 aromatic heterocycles. The predicted molar refractivity (Wildman–Crippen MR) is 87.2 cm³/mol. The molecule has 0 spiro atoms. The van der Waals surface area contributed by atoms with Crippen molar-refractivity contribution in [3.05, 3.63) is 49.0 Å². The maximum absolute atomic E-state index is 12.3. The summed E-state index contributed by atoms with van der Waals surface area (Å²) in [4.78, 5) is 0.0122. The van der Waals surface area contributed by atoms with Crippen molar-refractivity contribution in [3.8, 4) is 0 Å². The van der Waals surface area contributed by atoms with Gasteiger partial charge in [0.1, 0.15) is 9.23 Å². The zero-order valence-corrected chi connectivity index (χ0v) is 15.0. The van der Waals surface area contributed by atoms with E-state index in [4.69, 9.17) is 23.2 Å². The molecule has 0 saturated heterocycles. The van der Waals surface area contributed by atoms with Gasteiger partial charge in [-0.1, -0.05) is 51.3 Å². The lowest BCUT2D eigenvalue weighted by Gasteiger charge is -2.14. The van der Waals surface area contributed by atoms with Crippen LogP contribution in [0, 0.1) is 0 Å². The van der Waals surface area contributed by atoms with Crippen LogP contribution in [0.4, 0.5) is 0 Å². The van der Waals surface area contributed by atoms with Gasteiger partial charge >= 0.3 is 0 Å². The molecule has 1 unspecified atom stereocenters. The number of nitrogens with one attached hydrogen (secondary N) is 1. The maximum Gasteiger partial charge on any atom is 0.243 e. The quantitative estimate of drug-likeness (QED) is 0.776. The van der Waals surface area contributed by atoms with E-state index >= 15 is 0 Å². The third-order valence-electron chi connectivity index (χ3n) is 2.62. The smallest absolute Gasteiger partial charge is 0.207 e. The van der Waals surface area contributed by atoms with Crippen molar-refractivity contribution < 1.29 is 8.42 Å². The molecule has 108 valence electrons. The summed E-state index contributed by atoms with van der Waals surface area (Å²) in [6.07, 6.45) is 0. The summed E-state index contributed by atoms with van der Waals surface area (Å²) in [6, 6.07) is 8.38. The molecular formula is C12H10BrCl2NO2S2. The van der Waals surface area contributed by atoms with E-state index < -0.39 is 10.0 Å². The Morgan fingerprint density at radius 2 is 1.85 bits per heavy atom. The molecule has 1 aromatic carbocycles. The van der Waals surface area contributed by atoms with Crippen molar-refractivity contribution in [1.29, 1.82) is 0 Å². The fourth-order valence-electron chi connectivity index (χ4n) is 1.62. The first-order valence-corrected chi connectivity index (χ1v) is 9.37. The summed E-state index contributed by atoms with van der Waals surface area (Å²) in [5, 5.41) is 0. The van der Waals surface area contributed by atoms with Gasteiger partial charge in [-0.2, -0.15) is 0 Å². The number of halogens is 3. The number of rotatable bonds is 4. The average Bonchev–Trinajstić information content (AvgIpc) is 2.69. The van der Waals surface area contributed by atoms with Crippen molar-refractivity contribution in [2.24, 2.45) is 0 Å². The van der Waals surface area contributed by atoms with Crippen LogP contribution in [0.2, 0.25) is 8.67 Å². The zero-order valence-electron chi connectivity index (χ0n) is 10.2. The average molecular weight is 415 g/mol. The fraction of sp³-hybridized carbons (Fsp3) is 0.167. The van der Waals surface area contributed by atoms with Crippen molar-refractivity contribution in [1.82, 2.24) is 4.72 Å². The molecular weight excluding hydrogens is 405 g/mol. The van der Waals surface area contributed by atoms with Gasteiger partial charge in [-0.25, -0.2) is 13.1 Å². The lowest BCUT2D eigenvalue weighted by Crippen LogP contribution is -2.26. The molecule has 20 heavy (non-hydrogen) atoms. The van der Waals surface area contributed by atoms with E-state index in [9.17, 15) is 8.42 Å². The van der Waals surface area contributed by atoms with Crippen LogP contribution in [-0.4, -0.2) is 8.42 Å². The van der Waals surface area contributed by atoms with Crippen LogP contribution in [0.5, 0.6) is 0 Å². The summed E-state index contributed by atoms with van der Waals surface area (Å²) < 4.78 is 28.5. The first-order valence-electron chi connectivity index (χ1n) is 5.52. The molecule has 0 fully saturated rings. The van der Waals surface area contributed by atoms with Gasteiger partial charge in [0.15, 0.2) is 0 Å². The Hall–Kier alpha value is -0.110. The molecule has 1 N–H and O–H groups in total. The second-order valence-electron chi connectivity index (χ2n) is 4.08. The van der Waals surface area contributed by atoms with Crippen molar-refractivity contribution >= 4 is 60.5 Å². The van der Waals surface area contributed by atoms with Gasteiger partial charge < -0.3 is 0 Å². The molecule has 2 aromatic rings. The van der Waals surface area contributed by atoms with E-state index in [-0.39, 0.29) is 15.3 Å². The number of benzene rings is 1. The molecule has 0 aliphatic heterocycles. The van der Waals surface area contributed by atoms with E-state index in [2.05, 4.69) is 20.7 Å².